The van der Waals surface area contributed by atoms with E-state index in [0.29, 0.717) is 30.5 Å². The summed E-state index contributed by atoms with van der Waals surface area (Å²) in [6, 6.07) is 10.2. The number of ketones is 1. The van der Waals surface area contributed by atoms with Crippen molar-refractivity contribution in [3.05, 3.63) is 59.9 Å². The molecule has 0 aliphatic heterocycles. The van der Waals surface area contributed by atoms with Gasteiger partial charge in [0, 0.05) is 36.4 Å². The van der Waals surface area contributed by atoms with Crippen LogP contribution in [0.25, 0.3) is 22.5 Å². The van der Waals surface area contributed by atoms with Gasteiger partial charge in [0.2, 0.25) is 11.6 Å². The van der Waals surface area contributed by atoms with E-state index in [1.807, 2.05) is 16.9 Å². The molecule has 0 saturated heterocycles. The molecule has 0 amide bonds. The molecule has 192 valence electrons. The van der Waals surface area contributed by atoms with Gasteiger partial charge in [-0.1, -0.05) is 76.1 Å². The number of carbonyl (C=O) groups is 1. The lowest BCUT2D eigenvalue weighted by molar-refractivity contribution is 0.0939. The zero-order chi connectivity index (χ0) is 25.5. The van der Waals surface area contributed by atoms with Crippen molar-refractivity contribution in [1.82, 2.24) is 40.4 Å². The van der Waals surface area contributed by atoms with Gasteiger partial charge in [-0.3, -0.25) is 9.78 Å². The molecule has 0 bridgehead atoms. The van der Waals surface area contributed by atoms with Crippen LogP contribution in [0.3, 0.4) is 0 Å². The molecule has 3 aromatic heterocycles. The Balaban J connectivity index is 1.34. The molecule has 1 N–H and O–H groups in total. The first-order valence-electron chi connectivity index (χ1n) is 13.5. The van der Waals surface area contributed by atoms with Gasteiger partial charge in [0.05, 0.1) is 6.54 Å². The number of hydrogen-bond donors (Lipinski definition) is 1. The van der Waals surface area contributed by atoms with Crippen molar-refractivity contribution in [3.8, 4) is 22.5 Å². The highest BCUT2D eigenvalue weighted by Gasteiger charge is 2.22. The average Bonchev–Trinajstić information content (AvgIpc) is 3.61. The van der Waals surface area contributed by atoms with Crippen LogP contribution in [0.2, 0.25) is 0 Å². The SMILES string of the molecule is CCCCCc1nc(C(=O)CC2CCCCC2)nn1Cc1ccc(-c2cnccc2-c2nnn[nH]2)cc1. The third-order valence-electron chi connectivity index (χ3n) is 7.22. The van der Waals surface area contributed by atoms with Crippen LogP contribution in [0.15, 0.2) is 42.7 Å². The number of hydrogen-bond acceptors (Lipinski definition) is 7. The molecule has 9 heteroatoms. The Morgan fingerprint density at radius 2 is 1.89 bits per heavy atom. The first kappa shape index (κ1) is 24.9. The first-order valence-corrected chi connectivity index (χ1v) is 13.5. The fourth-order valence-corrected chi connectivity index (χ4v) is 5.15. The molecule has 0 unspecified atom stereocenters. The van der Waals surface area contributed by atoms with Gasteiger partial charge in [-0.2, -0.15) is 0 Å². The van der Waals surface area contributed by atoms with Crippen molar-refractivity contribution in [2.75, 3.05) is 0 Å². The molecular formula is C28H34N8O. The van der Waals surface area contributed by atoms with Crippen LogP contribution in [-0.2, 0) is 13.0 Å². The summed E-state index contributed by atoms with van der Waals surface area (Å²) < 4.78 is 1.93. The first-order chi connectivity index (χ1) is 18.2. The largest absolute Gasteiger partial charge is 0.291 e. The third-order valence-corrected chi connectivity index (χ3v) is 7.22. The van der Waals surface area contributed by atoms with Gasteiger partial charge in [-0.15, -0.1) is 10.2 Å². The summed E-state index contributed by atoms with van der Waals surface area (Å²) in [6.07, 6.45) is 14.3. The second-order valence-corrected chi connectivity index (χ2v) is 9.97. The maximum absolute atomic E-state index is 13.0. The summed E-state index contributed by atoms with van der Waals surface area (Å²) in [6.45, 7) is 2.77. The number of H-pyrrole nitrogens is 1. The molecule has 9 nitrogen and oxygen atoms in total. The number of aryl methyl sites for hydroxylation is 1. The Morgan fingerprint density at radius 3 is 2.65 bits per heavy atom. The monoisotopic (exact) mass is 498 g/mol. The number of unbranched alkanes of at least 4 members (excludes halogenated alkanes) is 2. The molecule has 37 heavy (non-hydrogen) atoms. The van der Waals surface area contributed by atoms with Crippen molar-refractivity contribution in [3.63, 3.8) is 0 Å². The van der Waals surface area contributed by atoms with Crippen molar-refractivity contribution in [2.45, 2.75) is 77.7 Å². The molecule has 1 fully saturated rings. The van der Waals surface area contributed by atoms with E-state index in [4.69, 9.17) is 10.1 Å². The van der Waals surface area contributed by atoms with E-state index in [-0.39, 0.29) is 5.78 Å². The number of aromatic nitrogens is 8. The number of nitrogens with zero attached hydrogens (tertiary/aromatic N) is 7. The van der Waals surface area contributed by atoms with E-state index in [1.165, 1.54) is 19.3 Å². The zero-order valence-electron chi connectivity index (χ0n) is 21.4. The second-order valence-electron chi connectivity index (χ2n) is 9.97. The number of carbonyl (C=O) groups excluding carboxylic acids is 1. The van der Waals surface area contributed by atoms with E-state index in [1.54, 1.807) is 6.20 Å². The highest BCUT2D eigenvalue weighted by Crippen LogP contribution is 2.29. The van der Waals surface area contributed by atoms with E-state index in [0.717, 1.165) is 66.6 Å². The van der Waals surface area contributed by atoms with Crippen molar-refractivity contribution in [1.29, 1.82) is 0 Å². The highest BCUT2D eigenvalue weighted by molar-refractivity contribution is 5.92. The minimum atomic E-state index is 0.0868. The Hall–Kier alpha value is -3.75. The van der Waals surface area contributed by atoms with Crippen LogP contribution >= 0.6 is 0 Å². The topological polar surface area (TPSA) is 115 Å². The number of nitrogens with one attached hydrogen (secondary N) is 1. The van der Waals surface area contributed by atoms with Gasteiger partial charge in [0.25, 0.3) is 0 Å². The standard InChI is InChI=1S/C28H34N8O/c1-2-3-5-10-26-30-28(25(37)17-20-8-6-4-7-9-20)33-36(26)19-21-11-13-22(14-12-21)24-18-29-16-15-23(24)27-31-34-35-32-27/h11-16,18,20H,2-10,17,19H2,1H3,(H,31,32,34,35). The molecule has 0 atom stereocenters. The second kappa shape index (κ2) is 12.0. The van der Waals surface area contributed by atoms with Gasteiger partial charge in [0.15, 0.2) is 5.82 Å². The summed E-state index contributed by atoms with van der Waals surface area (Å²) in [5.74, 6) is 2.45. The van der Waals surface area contributed by atoms with Gasteiger partial charge in [0.1, 0.15) is 5.82 Å². The summed E-state index contributed by atoms with van der Waals surface area (Å²) >= 11 is 0. The zero-order valence-corrected chi connectivity index (χ0v) is 21.4. The minimum Gasteiger partial charge on any atom is -0.291 e. The number of benzene rings is 1. The lowest BCUT2D eigenvalue weighted by Gasteiger charge is -2.19. The van der Waals surface area contributed by atoms with E-state index < -0.39 is 0 Å². The van der Waals surface area contributed by atoms with Crippen LogP contribution in [0, 0.1) is 5.92 Å². The summed E-state index contributed by atoms with van der Waals surface area (Å²) in [5, 5.41) is 19.0. The highest BCUT2D eigenvalue weighted by atomic mass is 16.1. The molecule has 4 aromatic rings. The van der Waals surface area contributed by atoms with E-state index >= 15 is 0 Å². The van der Waals surface area contributed by atoms with Crippen molar-refractivity contribution < 1.29 is 4.79 Å². The lowest BCUT2D eigenvalue weighted by atomic mass is 9.86. The van der Waals surface area contributed by atoms with Gasteiger partial charge < -0.3 is 0 Å². The lowest BCUT2D eigenvalue weighted by Crippen LogP contribution is -2.13. The fraction of sp³-hybridized carbons (Fsp3) is 0.464. The normalized spacial score (nSPS) is 14.2. The summed E-state index contributed by atoms with van der Waals surface area (Å²) in [5.41, 5.74) is 3.96. The Labute approximate surface area is 217 Å². The van der Waals surface area contributed by atoms with Gasteiger partial charge in [-0.25, -0.2) is 14.8 Å². The minimum absolute atomic E-state index is 0.0868. The predicted octanol–water partition coefficient (Wildman–Crippen LogP) is 5.45. The summed E-state index contributed by atoms with van der Waals surface area (Å²) in [4.78, 5) is 22.0. The van der Waals surface area contributed by atoms with Crippen molar-refractivity contribution in [2.24, 2.45) is 5.92 Å². The van der Waals surface area contributed by atoms with Crippen LogP contribution in [0.5, 0.6) is 0 Å². The smallest absolute Gasteiger partial charge is 0.217 e. The maximum atomic E-state index is 13.0. The molecule has 1 aromatic carbocycles. The van der Waals surface area contributed by atoms with Crippen LogP contribution in [-0.4, -0.2) is 46.2 Å². The van der Waals surface area contributed by atoms with Crippen LogP contribution < -0.4 is 0 Å². The maximum Gasteiger partial charge on any atom is 0.217 e. The van der Waals surface area contributed by atoms with Crippen LogP contribution in [0.1, 0.15) is 86.7 Å². The Morgan fingerprint density at radius 1 is 1.05 bits per heavy atom. The molecule has 0 radical (unpaired) electrons. The molecule has 5 rings (SSSR count). The number of rotatable bonds is 11. The van der Waals surface area contributed by atoms with E-state index in [2.05, 4.69) is 56.8 Å². The van der Waals surface area contributed by atoms with Crippen LogP contribution in [0.4, 0.5) is 0 Å². The number of aromatic amines is 1. The molecule has 0 spiro atoms. The molecule has 1 saturated carbocycles. The third kappa shape index (κ3) is 6.15. The molecular weight excluding hydrogens is 464 g/mol. The number of Topliss-reactive ketones (excluding diaryl/α,β-unsaturated/α-hetero) is 1. The average molecular weight is 499 g/mol. The predicted molar refractivity (Wildman–Crippen MR) is 141 cm³/mol. The molecule has 1 aliphatic rings. The van der Waals surface area contributed by atoms with Crippen molar-refractivity contribution >= 4 is 5.78 Å². The van der Waals surface area contributed by atoms with Gasteiger partial charge in [-0.05, 0) is 40.0 Å². The number of pyridine rings is 1. The van der Waals surface area contributed by atoms with E-state index in [9.17, 15) is 4.79 Å². The molecule has 3 heterocycles. The quantitative estimate of drug-likeness (QED) is 0.216. The number of tetrazole rings is 1. The Bertz CT molecular complexity index is 1290. The molecule has 1 aliphatic carbocycles. The summed E-state index contributed by atoms with van der Waals surface area (Å²) in [7, 11) is 0. The Kier molecular flexibility index (Phi) is 8.08. The van der Waals surface area contributed by atoms with Gasteiger partial charge >= 0.3 is 0 Å². The fourth-order valence-electron chi connectivity index (χ4n) is 5.15.